The van der Waals surface area contributed by atoms with Gasteiger partial charge in [0.1, 0.15) is 0 Å². The van der Waals surface area contributed by atoms with Crippen LogP contribution in [0.1, 0.15) is 13.8 Å². The molecule has 0 radical (unpaired) electrons. The highest BCUT2D eigenvalue weighted by atomic mass is 16.3. The normalized spacial score (nSPS) is 10.2. The molecule has 0 heterocycles. The maximum Gasteiger partial charge on any atom is 0.0695 e. The lowest BCUT2D eigenvalue weighted by Gasteiger charge is -1.88. The Morgan fingerprint density at radius 2 is 0.867 bits per heavy atom. The van der Waals surface area contributed by atoms with Crippen LogP contribution in [0.25, 0.3) is 0 Å². The van der Waals surface area contributed by atoms with Crippen molar-refractivity contribution in [2.24, 2.45) is 0 Å². The predicted molar refractivity (Wildman–Crippen MR) is 124 cm³/mol. The first-order chi connectivity index (χ1) is 14.5. The van der Waals surface area contributed by atoms with Gasteiger partial charge in [-0.2, -0.15) is 0 Å². The van der Waals surface area contributed by atoms with Crippen LogP contribution in [-0.2, 0) is 0 Å². The number of aliphatic hydroxyl groups is 2. The summed E-state index contributed by atoms with van der Waals surface area (Å²) in [6.07, 6.45) is 22.3. The minimum atomic E-state index is -0.443. The number of hydrogen-bond acceptors (Lipinski definition) is 2. The average molecular weight is 388 g/mol. The highest BCUT2D eigenvalue weighted by Gasteiger charge is 1.80. The number of aliphatic hydroxyl groups excluding tert-OH is 2. The Balaban J connectivity index is 0. The fraction of sp³-hybridized carbons (Fsp3) is 0.143. The Kier molecular flexibility index (Phi) is 22.4. The van der Waals surface area contributed by atoms with Gasteiger partial charge in [0, 0.05) is 0 Å². The van der Waals surface area contributed by atoms with E-state index in [1.807, 2.05) is 0 Å². The molecule has 0 fully saturated rings. The van der Waals surface area contributed by atoms with Crippen LogP contribution in [0, 0.1) is 95.7 Å². The molecule has 0 aromatic carbocycles. The van der Waals surface area contributed by atoms with Crippen LogP contribution in [0.15, 0.2) is 48.6 Å². The first kappa shape index (κ1) is 27.6. The summed E-state index contributed by atoms with van der Waals surface area (Å²) in [6, 6.07) is 0. The summed E-state index contributed by atoms with van der Waals surface area (Å²) in [7, 11) is 0. The average Bonchev–Trinajstić information content (AvgIpc) is 2.71. The third-order valence-corrected chi connectivity index (χ3v) is 2.15. The van der Waals surface area contributed by atoms with Gasteiger partial charge in [-0.3, -0.25) is 0 Å². The lowest BCUT2D eigenvalue weighted by atomic mass is 10.3. The predicted octanol–water partition coefficient (Wildman–Crippen LogP) is 2.25. The number of terminal acetylenes is 2. The van der Waals surface area contributed by atoms with Crippen molar-refractivity contribution in [2.45, 2.75) is 26.1 Å². The highest BCUT2D eigenvalue weighted by Crippen LogP contribution is 1.83. The molecule has 0 rings (SSSR count). The second-order valence-electron chi connectivity index (χ2n) is 4.80. The molecule has 2 nitrogen and oxygen atoms in total. The van der Waals surface area contributed by atoms with Crippen LogP contribution in [-0.4, -0.2) is 22.4 Å². The molecule has 0 aliphatic heterocycles. The van der Waals surface area contributed by atoms with Crippen LogP contribution < -0.4 is 0 Å². The summed E-state index contributed by atoms with van der Waals surface area (Å²) in [6.45, 7) is 3.34. The Labute approximate surface area is 180 Å². The molecule has 2 heteroatoms. The molecule has 0 saturated heterocycles. The molecular formula is C28H20O2. The molecule has 0 amide bonds. The molecule has 0 aromatic rings. The smallest absolute Gasteiger partial charge is 0.0695 e. The first-order valence-corrected chi connectivity index (χ1v) is 8.49. The Hall–Kier alpha value is -4.64. The van der Waals surface area contributed by atoms with Gasteiger partial charge < -0.3 is 10.2 Å². The van der Waals surface area contributed by atoms with Crippen LogP contribution in [0.2, 0.25) is 0 Å². The SMILES string of the molecule is C#CC#CC#CC#C/C=C/C=C/[C@@H](C)O.C#CC#CC#CC#C/C=C\C=C\[C@@H](C)O. The Bertz CT molecular complexity index is 994. The summed E-state index contributed by atoms with van der Waals surface area (Å²) >= 11 is 0. The summed E-state index contributed by atoms with van der Waals surface area (Å²) in [5.74, 6) is 34.3. The van der Waals surface area contributed by atoms with E-state index in [9.17, 15) is 0 Å². The maximum absolute atomic E-state index is 8.87. The Morgan fingerprint density at radius 1 is 0.533 bits per heavy atom. The third kappa shape index (κ3) is 31.2. The van der Waals surface area contributed by atoms with E-state index < -0.39 is 12.2 Å². The lowest BCUT2D eigenvalue weighted by molar-refractivity contribution is 0.243. The molecule has 0 bridgehead atoms. The van der Waals surface area contributed by atoms with Crippen LogP contribution >= 0.6 is 0 Å². The second kappa shape index (κ2) is 24.4. The minimum Gasteiger partial charge on any atom is -0.389 e. The molecule has 0 unspecified atom stereocenters. The molecule has 2 atom stereocenters. The fourth-order valence-electron chi connectivity index (χ4n) is 1.07. The van der Waals surface area contributed by atoms with Crippen molar-refractivity contribution in [3.63, 3.8) is 0 Å². The molecule has 144 valence electrons. The standard InChI is InChI=1S/2C14H10O/c2*1-3-4-5-6-7-8-9-10-11-12-13-14(2)15/h2*1,10-15H,2H3/b11-10+,13-12+;11-10-,13-12+/t2*14-/m11/s1. The Morgan fingerprint density at radius 3 is 1.20 bits per heavy atom. The largest absolute Gasteiger partial charge is 0.389 e. The molecular weight excluding hydrogens is 368 g/mol. The van der Waals surface area contributed by atoms with Gasteiger partial charge in [-0.05, 0) is 97.0 Å². The van der Waals surface area contributed by atoms with Crippen LogP contribution in [0.3, 0.4) is 0 Å². The molecule has 30 heavy (non-hydrogen) atoms. The summed E-state index contributed by atoms with van der Waals surface area (Å²) in [5, 5.41) is 17.7. The fourth-order valence-corrected chi connectivity index (χ4v) is 1.07. The maximum atomic E-state index is 8.87. The molecule has 0 aliphatic rings. The number of hydrogen-bond donors (Lipinski definition) is 2. The summed E-state index contributed by atoms with van der Waals surface area (Å²) in [5.41, 5.74) is 0. The third-order valence-electron chi connectivity index (χ3n) is 2.15. The molecule has 0 spiro atoms. The van der Waals surface area contributed by atoms with Crippen molar-refractivity contribution in [1.29, 1.82) is 0 Å². The zero-order chi connectivity index (χ0) is 22.7. The van der Waals surface area contributed by atoms with Gasteiger partial charge in [-0.15, -0.1) is 12.8 Å². The van der Waals surface area contributed by atoms with E-state index in [0.717, 1.165) is 0 Å². The van der Waals surface area contributed by atoms with Crippen molar-refractivity contribution in [1.82, 2.24) is 0 Å². The topological polar surface area (TPSA) is 40.5 Å². The molecule has 0 aliphatic carbocycles. The zero-order valence-electron chi connectivity index (χ0n) is 16.8. The molecule has 0 aromatic heterocycles. The van der Waals surface area contributed by atoms with Crippen molar-refractivity contribution in [2.75, 3.05) is 0 Å². The van der Waals surface area contributed by atoms with Crippen LogP contribution in [0.4, 0.5) is 0 Å². The first-order valence-electron chi connectivity index (χ1n) is 8.49. The van der Waals surface area contributed by atoms with Gasteiger partial charge in [-0.25, -0.2) is 0 Å². The molecule has 2 N–H and O–H groups in total. The van der Waals surface area contributed by atoms with Crippen molar-refractivity contribution < 1.29 is 10.2 Å². The van der Waals surface area contributed by atoms with E-state index in [-0.39, 0.29) is 0 Å². The van der Waals surface area contributed by atoms with E-state index in [2.05, 4.69) is 82.9 Å². The van der Waals surface area contributed by atoms with E-state index in [1.165, 1.54) is 0 Å². The van der Waals surface area contributed by atoms with Crippen molar-refractivity contribution >= 4 is 0 Å². The van der Waals surface area contributed by atoms with Gasteiger partial charge in [-0.1, -0.05) is 48.3 Å². The van der Waals surface area contributed by atoms with E-state index in [0.29, 0.717) is 0 Å². The van der Waals surface area contributed by atoms with Gasteiger partial charge in [0.25, 0.3) is 0 Å². The van der Waals surface area contributed by atoms with Crippen molar-refractivity contribution in [3.05, 3.63) is 48.6 Å². The monoisotopic (exact) mass is 388 g/mol. The van der Waals surface area contributed by atoms with E-state index in [4.69, 9.17) is 23.1 Å². The second-order valence-corrected chi connectivity index (χ2v) is 4.80. The molecule has 0 saturated carbocycles. The zero-order valence-corrected chi connectivity index (χ0v) is 16.8. The number of rotatable bonds is 4. The quantitative estimate of drug-likeness (QED) is 0.573. The summed E-state index contributed by atoms with van der Waals surface area (Å²) < 4.78 is 0. The number of allylic oxidation sites excluding steroid dienone is 6. The highest BCUT2D eigenvalue weighted by molar-refractivity contribution is 5.41. The minimum absolute atomic E-state index is 0.443. The van der Waals surface area contributed by atoms with Gasteiger partial charge in [0.15, 0.2) is 0 Å². The lowest BCUT2D eigenvalue weighted by Crippen LogP contribution is -1.90. The van der Waals surface area contributed by atoms with E-state index in [1.54, 1.807) is 62.5 Å². The van der Waals surface area contributed by atoms with Gasteiger partial charge in [0.2, 0.25) is 0 Å². The van der Waals surface area contributed by atoms with Gasteiger partial charge in [0.05, 0.1) is 12.2 Å². The van der Waals surface area contributed by atoms with E-state index >= 15 is 0 Å². The van der Waals surface area contributed by atoms with Gasteiger partial charge >= 0.3 is 0 Å². The van der Waals surface area contributed by atoms with Crippen LogP contribution in [0.5, 0.6) is 0 Å². The van der Waals surface area contributed by atoms with Crippen molar-refractivity contribution in [3.8, 4) is 95.7 Å². The summed E-state index contributed by atoms with van der Waals surface area (Å²) in [4.78, 5) is 0.